The third-order valence-electron chi connectivity index (χ3n) is 3.24. The van der Waals surface area contributed by atoms with Crippen LogP contribution >= 0.6 is 11.3 Å². The Balaban J connectivity index is 2.14. The van der Waals surface area contributed by atoms with Crippen LogP contribution in [0.15, 0.2) is 0 Å². The van der Waals surface area contributed by atoms with Crippen LogP contribution in [-0.4, -0.2) is 12.5 Å². The maximum atomic E-state index is 12.1. The minimum atomic E-state index is 0.0235. The van der Waals surface area contributed by atoms with Gasteiger partial charge in [0.2, 0.25) is 0 Å². The van der Waals surface area contributed by atoms with Gasteiger partial charge in [0, 0.05) is 11.4 Å². The van der Waals surface area contributed by atoms with Crippen LogP contribution in [0.2, 0.25) is 0 Å². The third-order valence-corrected chi connectivity index (χ3v) is 4.36. The predicted molar refractivity (Wildman–Crippen MR) is 72.6 cm³/mol. The van der Waals surface area contributed by atoms with E-state index in [1.165, 1.54) is 23.3 Å². The molecule has 0 radical (unpaired) electrons. The normalized spacial score (nSPS) is 14.4. The SMILES string of the molecule is CCCCNC(=O)c1c(N)sc2c1CCCC2. The summed E-state index contributed by atoms with van der Waals surface area (Å²) in [6, 6.07) is 0. The van der Waals surface area contributed by atoms with Gasteiger partial charge in [0.05, 0.1) is 10.6 Å². The number of fused-ring (bicyclic) bond motifs is 1. The molecule has 4 heteroatoms. The first-order valence-electron chi connectivity index (χ1n) is 6.42. The number of anilines is 1. The molecule has 3 nitrogen and oxygen atoms in total. The van der Waals surface area contributed by atoms with E-state index >= 15 is 0 Å². The van der Waals surface area contributed by atoms with Crippen LogP contribution in [0.4, 0.5) is 5.00 Å². The number of rotatable bonds is 4. The summed E-state index contributed by atoms with van der Waals surface area (Å²) in [6.07, 6.45) is 6.63. The number of thiophene rings is 1. The number of nitrogen functional groups attached to an aromatic ring is 1. The number of hydrogen-bond donors (Lipinski definition) is 2. The van der Waals surface area contributed by atoms with E-state index in [4.69, 9.17) is 5.73 Å². The molecule has 1 heterocycles. The molecule has 2 rings (SSSR count). The molecule has 1 aliphatic carbocycles. The van der Waals surface area contributed by atoms with E-state index < -0.39 is 0 Å². The van der Waals surface area contributed by atoms with Gasteiger partial charge in [-0.3, -0.25) is 4.79 Å². The van der Waals surface area contributed by atoms with Crippen molar-refractivity contribution in [1.82, 2.24) is 5.32 Å². The van der Waals surface area contributed by atoms with Gasteiger partial charge in [0.1, 0.15) is 0 Å². The fourth-order valence-corrected chi connectivity index (χ4v) is 3.46. The van der Waals surface area contributed by atoms with Crippen LogP contribution in [0, 0.1) is 0 Å². The molecule has 1 aromatic heterocycles. The smallest absolute Gasteiger partial charge is 0.254 e. The number of carbonyl (C=O) groups excluding carboxylic acids is 1. The molecule has 0 aromatic carbocycles. The number of carbonyl (C=O) groups is 1. The molecule has 0 aliphatic heterocycles. The Morgan fingerprint density at radius 2 is 2.18 bits per heavy atom. The second-order valence-corrected chi connectivity index (χ2v) is 5.70. The Morgan fingerprint density at radius 3 is 2.94 bits per heavy atom. The van der Waals surface area contributed by atoms with Gasteiger partial charge in [-0.15, -0.1) is 11.3 Å². The minimum Gasteiger partial charge on any atom is -0.390 e. The fourth-order valence-electron chi connectivity index (χ4n) is 2.30. The van der Waals surface area contributed by atoms with E-state index in [9.17, 15) is 4.79 Å². The van der Waals surface area contributed by atoms with E-state index in [0.29, 0.717) is 5.00 Å². The lowest BCUT2D eigenvalue weighted by molar-refractivity contribution is 0.0953. The summed E-state index contributed by atoms with van der Waals surface area (Å²) in [5, 5.41) is 3.66. The number of aryl methyl sites for hydroxylation is 1. The van der Waals surface area contributed by atoms with Gasteiger partial charge < -0.3 is 11.1 Å². The summed E-state index contributed by atoms with van der Waals surface area (Å²) in [5.74, 6) is 0.0235. The number of hydrogen-bond acceptors (Lipinski definition) is 3. The Hall–Kier alpha value is -1.03. The lowest BCUT2D eigenvalue weighted by Gasteiger charge is -2.12. The number of amides is 1. The van der Waals surface area contributed by atoms with Gasteiger partial charge in [-0.2, -0.15) is 0 Å². The van der Waals surface area contributed by atoms with Gasteiger partial charge in [-0.25, -0.2) is 0 Å². The number of nitrogens with two attached hydrogens (primary N) is 1. The molecule has 94 valence electrons. The average Bonchev–Trinajstić information content (AvgIpc) is 2.65. The van der Waals surface area contributed by atoms with Crippen LogP contribution in [0.25, 0.3) is 0 Å². The van der Waals surface area contributed by atoms with Crippen LogP contribution in [0.5, 0.6) is 0 Å². The van der Waals surface area contributed by atoms with E-state index in [1.807, 2.05) is 0 Å². The highest BCUT2D eigenvalue weighted by Crippen LogP contribution is 2.36. The van der Waals surface area contributed by atoms with Crippen LogP contribution in [0.1, 0.15) is 53.4 Å². The molecule has 0 spiro atoms. The third kappa shape index (κ3) is 2.63. The molecule has 0 saturated carbocycles. The second-order valence-electron chi connectivity index (χ2n) is 4.56. The van der Waals surface area contributed by atoms with Crippen molar-refractivity contribution in [2.75, 3.05) is 12.3 Å². The van der Waals surface area contributed by atoms with Gasteiger partial charge >= 0.3 is 0 Å². The van der Waals surface area contributed by atoms with Crippen molar-refractivity contribution < 1.29 is 4.79 Å². The molecule has 0 atom stereocenters. The predicted octanol–water partition coefficient (Wildman–Crippen LogP) is 2.74. The first-order valence-corrected chi connectivity index (χ1v) is 7.24. The molecule has 3 N–H and O–H groups in total. The maximum Gasteiger partial charge on any atom is 0.254 e. The summed E-state index contributed by atoms with van der Waals surface area (Å²) in [4.78, 5) is 13.4. The molecule has 0 fully saturated rings. The molecule has 1 aromatic rings. The Bertz CT molecular complexity index is 412. The van der Waals surface area contributed by atoms with Crippen molar-refractivity contribution in [2.24, 2.45) is 0 Å². The van der Waals surface area contributed by atoms with Crippen molar-refractivity contribution >= 4 is 22.2 Å². The van der Waals surface area contributed by atoms with E-state index in [-0.39, 0.29) is 5.91 Å². The summed E-state index contributed by atoms with van der Waals surface area (Å²) < 4.78 is 0. The highest BCUT2D eigenvalue weighted by Gasteiger charge is 2.23. The van der Waals surface area contributed by atoms with Gasteiger partial charge in [0.25, 0.3) is 5.91 Å². The molecule has 0 unspecified atom stereocenters. The highest BCUT2D eigenvalue weighted by molar-refractivity contribution is 7.16. The van der Waals surface area contributed by atoms with Gasteiger partial charge in [-0.1, -0.05) is 13.3 Å². The summed E-state index contributed by atoms with van der Waals surface area (Å²) in [6.45, 7) is 2.87. The Labute approximate surface area is 106 Å². The molecule has 17 heavy (non-hydrogen) atoms. The lowest BCUT2D eigenvalue weighted by Crippen LogP contribution is -2.26. The zero-order chi connectivity index (χ0) is 12.3. The number of nitrogens with one attached hydrogen (secondary N) is 1. The monoisotopic (exact) mass is 252 g/mol. The summed E-state index contributed by atoms with van der Waals surface area (Å²) >= 11 is 1.60. The zero-order valence-electron chi connectivity index (χ0n) is 10.3. The highest BCUT2D eigenvalue weighted by atomic mass is 32.1. The second kappa shape index (κ2) is 5.54. The van der Waals surface area contributed by atoms with Crippen LogP contribution < -0.4 is 11.1 Å². The largest absolute Gasteiger partial charge is 0.390 e. The van der Waals surface area contributed by atoms with Crippen molar-refractivity contribution in [2.45, 2.75) is 45.4 Å². The average molecular weight is 252 g/mol. The van der Waals surface area contributed by atoms with E-state index in [0.717, 1.165) is 37.8 Å². The Morgan fingerprint density at radius 1 is 1.41 bits per heavy atom. The molecule has 0 bridgehead atoms. The van der Waals surface area contributed by atoms with Crippen molar-refractivity contribution in [3.05, 3.63) is 16.0 Å². The topological polar surface area (TPSA) is 55.1 Å². The molecule has 1 amide bonds. The van der Waals surface area contributed by atoms with Crippen molar-refractivity contribution in [3.8, 4) is 0 Å². The maximum absolute atomic E-state index is 12.1. The first kappa shape index (κ1) is 12.4. The zero-order valence-corrected chi connectivity index (χ0v) is 11.2. The van der Waals surface area contributed by atoms with Crippen LogP contribution in [-0.2, 0) is 12.8 Å². The van der Waals surface area contributed by atoms with Crippen LogP contribution in [0.3, 0.4) is 0 Å². The van der Waals surface area contributed by atoms with E-state index in [2.05, 4.69) is 12.2 Å². The van der Waals surface area contributed by atoms with Gasteiger partial charge in [-0.05, 0) is 37.7 Å². The summed E-state index contributed by atoms with van der Waals surface area (Å²) in [5.41, 5.74) is 7.96. The van der Waals surface area contributed by atoms with Crippen molar-refractivity contribution in [1.29, 1.82) is 0 Å². The minimum absolute atomic E-state index is 0.0235. The summed E-state index contributed by atoms with van der Waals surface area (Å²) in [7, 11) is 0. The Kier molecular flexibility index (Phi) is 4.05. The quantitative estimate of drug-likeness (QED) is 0.810. The number of unbranched alkanes of at least 4 members (excludes halogenated alkanes) is 1. The van der Waals surface area contributed by atoms with E-state index in [1.54, 1.807) is 11.3 Å². The standard InChI is InChI=1S/C13H20N2OS/c1-2-3-8-15-13(16)11-9-6-4-5-7-10(9)17-12(11)14/h2-8,14H2,1H3,(H,15,16). The van der Waals surface area contributed by atoms with Crippen molar-refractivity contribution in [3.63, 3.8) is 0 Å². The molecular weight excluding hydrogens is 232 g/mol. The molecular formula is C13H20N2OS. The first-order chi connectivity index (χ1) is 8.24. The van der Waals surface area contributed by atoms with Gasteiger partial charge in [0.15, 0.2) is 0 Å². The lowest BCUT2D eigenvalue weighted by atomic mass is 9.95. The fraction of sp³-hybridized carbons (Fsp3) is 0.615. The molecule has 0 saturated heterocycles. The molecule has 1 aliphatic rings.